The third-order valence-corrected chi connectivity index (χ3v) is 3.97. The SMILES string of the molecule is COCCN(CCOC)Cc1cc(C=O)ccc1-c1ccccc1. The van der Waals surface area contributed by atoms with Gasteiger partial charge >= 0.3 is 0 Å². The van der Waals surface area contributed by atoms with Crippen LogP contribution in [-0.4, -0.2) is 51.7 Å². The molecule has 0 bridgehead atoms. The van der Waals surface area contributed by atoms with Crippen molar-refractivity contribution in [3.63, 3.8) is 0 Å². The van der Waals surface area contributed by atoms with E-state index in [-0.39, 0.29) is 0 Å². The highest BCUT2D eigenvalue weighted by atomic mass is 16.5. The minimum atomic E-state index is 0.664. The van der Waals surface area contributed by atoms with Crippen molar-refractivity contribution in [3.05, 3.63) is 59.7 Å². The molecule has 0 saturated heterocycles. The molecule has 0 aliphatic rings. The van der Waals surface area contributed by atoms with Gasteiger partial charge in [0.2, 0.25) is 0 Å². The Morgan fingerprint density at radius 1 is 0.958 bits per heavy atom. The molecule has 0 amide bonds. The Bertz CT molecular complexity index is 620. The van der Waals surface area contributed by atoms with Gasteiger partial charge in [0.1, 0.15) is 6.29 Å². The predicted molar refractivity (Wildman–Crippen MR) is 96.3 cm³/mol. The summed E-state index contributed by atoms with van der Waals surface area (Å²) in [6.07, 6.45) is 0.896. The highest BCUT2D eigenvalue weighted by Gasteiger charge is 2.11. The number of methoxy groups -OCH3 is 2. The zero-order valence-corrected chi connectivity index (χ0v) is 14.4. The van der Waals surface area contributed by atoms with Crippen molar-refractivity contribution in [1.82, 2.24) is 4.90 Å². The maximum Gasteiger partial charge on any atom is 0.150 e. The van der Waals surface area contributed by atoms with Gasteiger partial charge in [-0.2, -0.15) is 0 Å². The third-order valence-electron chi connectivity index (χ3n) is 3.97. The van der Waals surface area contributed by atoms with Crippen LogP contribution >= 0.6 is 0 Å². The highest BCUT2D eigenvalue weighted by molar-refractivity contribution is 5.78. The lowest BCUT2D eigenvalue weighted by atomic mass is 9.97. The number of hydrogen-bond acceptors (Lipinski definition) is 4. The van der Waals surface area contributed by atoms with Crippen LogP contribution in [0.5, 0.6) is 0 Å². The summed E-state index contributed by atoms with van der Waals surface area (Å²) in [5, 5.41) is 0. The Labute approximate surface area is 144 Å². The van der Waals surface area contributed by atoms with E-state index in [4.69, 9.17) is 9.47 Å². The maximum atomic E-state index is 11.2. The molecule has 0 saturated carbocycles. The van der Waals surface area contributed by atoms with E-state index in [9.17, 15) is 4.79 Å². The van der Waals surface area contributed by atoms with Gasteiger partial charge in [-0.15, -0.1) is 0 Å². The lowest BCUT2D eigenvalue weighted by Crippen LogP contribution is -2.30. The Kier molecular flexibility index (Phi) is 7.62. The Balaban J connectivity index is 2.29. The van der Waals surface area contributed by atoms with Crippen LogP contribution in [0.4, 0.5) is 0 Å². The molecule has 0 aromatic heterocycles. The minimum Gasteiger partial charge on any atom is -0.383 e. The van der Waals surface area contributed by atoms with E-state index in [2.05, 4.69) is 17.0 Å². The van der Waals surface area contributed by atoms with E-state index in [1.54, 1.807) is 14.2 Å². The van der Waals surface area contributed by atoms with Crippen molar-refractivity contribution in [1.29, 1.82) is 0 Å². The van der Waals surface area contributed by atoms with Crippen LogP contribution in [0.1, 0.15) is 15.9 Å². The van der Waals surface area contributed by atoms with Gasteiger partial charge in [0.15, 0.2) is 0 Å². The summed E-state index contributed by atoms with van der Waals surface area (Å²) in [7, 11) is 3.41. The zero-order chi connectivity index (χ0) is 17.2. The number of rotatable bonds is 10. The fourth-order valence-electron chi connectivity index (χ4n) is 2.67. The highest BCUT2D eigenvalue weighted by Crippen LogP contribution is 2.25. The number of aldehydes is 1. The summed E-state index contributed by atoms with van der Waals surface area (Å²) in [6.45, 7) is 3.72. The fourth-order valence-corrected chi connectivity index (χ4v) is 2.67. The molecular formula is C20H25NO3. The van der Waals surface area contributed by atoms with Crippen LogP contribution in [-0.2, 0) is 16.0 Å². The van der Waals surface area contributed by atoms with Crippen LogP contribution in [0.2, 0.25) is 0 Å². The molecule has 4 heteroatoms. The molecule has 0 heterocycles. The largest absolute Gasteiger partial charge is 0.383 e. The molecule has 0 aliphatic carbocycles. The molecule has 0 N–H and O–H groups in total. The van der Waals surface area contributed by atoms with E-state index in [0.717, 1.165) is 42.6 Å². The van der Waals surface area contributed by atoms with Crippen LogP contribution in [0.25, 0.3) is 11.1 Å². The predicted octanol–water partition coefficient (Wildman–Crippen LogP) is 3.26. The third kappa shape index (κ3) is 5.27. The zero-order valence-electron chi connectivity index (χ0n) is 14.4. The second-order valence-electron chi connectivity index (χ2n) is 5.66. The summed E-state index contributed by atoms with van der Waals surface area (Å²) in [4.78, 5) is 13.5. The number of nitrogens with zero attached hydrogens (tertiary/aromatic N) is 1. The molecule has 0 atom stereocenters. The van der Waals surface area contributed by atoms with Gasteiger partial charge in [0, 0.05) is 39.4 Å². The van der Waals surface area contributed by atoms with Crippen LogP contribution < -0.4 is 0 Å². The molecule has 24 heavy (non-hydrogen) atoms. The number of hydrogen-bond donors (Lipinski definition) is 0. The van der Waals surface area contributed by atoms with Crippen LogP contribution in [0.3, 0.4) is 0 Å². The van der Waals surface area contributed by atoms with Gasteiger partial charge in [-0.3, -0.25) is 9.69 Å². The molecule has 0 aliphatic heterocycles. The molecular weight excluding hydrogens is 302 g/mol. The second kappa shape index (κ2) is 9.98. The molecule has 0 spiro atoms. The Hall–Kier alpha value is -2.01. The van der Waals surface area contributed by atoms with Gasteiger partial charge in [-0.25, -0.2) is 0 Å². The summed E-state index contributed by atoms with van der Waals surface area (Å²) < 4.78 is 10.4. The van der Waals surface area contributed by atoms with Crippen molar-refractivity contribution in [2.75, 3.05) is 40.5 Å². The first-order chi connectivity index (χ1) is 11.8. The maximum absolute atomic E-state index is 11.2. The van der Waals surface area contributed by atoms with Crippen LogP contribution in [0.15, 0.2) is 48.5 Å². The van der Waals surface area contributed by atoms with E-state index in [0.29, 0.717) is 18.8 Å². The first-order valence-electron chi connectivity index (χ1n) is 8.12. The summed E-state index contributed by atoms with van der Waals surface area (Å²) in [6, 6.07) is 16.1. The van der Waals surface area contributed by atoms with E-state index in [1.807, 2.05) is 36.4 Å². The first-order valence-corrected chi connectivity index (χ1v) is 8.12. The topological polar surface area (TPSA) is 38.8 Å². The van der Waals surface area contributed by atoms with Gasteiger partial charge in [-0.1, -0.05) is 42.5 Å². The van der Waals surface area contributed by atoms with Crippen molar-refractivity contribution in [2.24, 2.45) is 0 Å². The molecule has 2 aromatic rings. The molecule has 2 rings (SSSR count). The average Bonchev–Trinajstić information content (AvgIpc) is 2.64. The molecule has 4 nitrogen and oxygen atoms in total. The van der Waals surface area contributed by atoms with Gasteiger partial charge in [0.05, 0.1) is 13.2 Å². The average molecular weight is 327 g/mol. The van der Waals surface area contributed by atoms with Crippen molar-refractivity contribution in [2.45, 2.75) is 6.54 Å². The van der Waals surface area contributed by atoms with E-state index < -0.39 is 0 Å². The quantitative estimate of drug-likeness (QED) is 0.628. The molecule has 128 valence electrons. The summed E-state index contributed by atoms with van der Waals surface area (Å²) in [5.41, 5.74) is 4.14. The lowest BCUT2D eigenvalue weighted by Gasteiger charge is -2.23. The lowest BCUT2D eigenvalue weighted by molar-refractivity contribution is 0.110. The minimum absolute atomic E-state index is 0.664. The van der Waals surface area contributed by atoms with Crippen molar-refractivity contribution < 1.29 is 14.3 Å². The smallest absolute Gasteiger partial charge is 0.150 e. The first kappa shape index (κ1) is 18.3. The van der Waals surface area contributed by atoms with Crippen molar-refractivity contribution in [3.8, 4) is 11.1 Å². The summed E-state index contributed by atoms with van der Waals surface area (Å²) >= 11 is 0. The van der Waals surface area contributed by atoms with Gasteiger partial charge < -0.3 is 9.47 Å². The molecule has 0 fully saturated rings. The Morgan fingerprint density at radius 3 is 2.21 bits per heavy atom. The van der Waals surface area contributed by atoms with Gasteiger partial charge in [-0.05, 0) is 22.8 Å². The molecule has 0 radical (unpaired) electrons. The summed E-state index contributed by atoms with van der Waals surface area (Å²) in [5.74, 6) is 0. The fraction of sp³-hybridized carbons (Fsp3) is 0.350. The van der Waals surface area contributed by atoms with Crippen LogP contribution in [0, 0.1) is 0 Å². The number of carbonyl (C=O) groups excluding carboxylic acids is 1. The molecule has 2 aromatic carbocycles. The number of carbonyl (C=O) groups is 1. The van der Waals surface area contributed by atoms with E-state index in [1.165, 1.54) is 0 Å². The number of benzene rings is 2. The Morgan fingerprint density at radius 2 is 1.62 bits per heavy atom. The van der Waals surface area contributed by atoms with E-state index >= 15 is 0 Å². The monoisotopic (exact) mass is 327 g/mol. The standard InChI is InChI=1S/C20H25NO3/c1-23-12-10-21(11-13-24-2)15-19-14-17(16-22)8-9-20(19)18-6-4-3-5-7-18/h3-9,14,16H,10-13,15H2,1-2H3. The normalized spacial score (nSPS) is 11.0. The van der Waals surface area contributed by atoms with Crippen molar-refractivity contribution >= 4 is 6.29 Å². The second-order valence-corrected chi connectivity index (χ2v) is 5.66. The molecule has 0 unspecified atom stereocenters. The number of ether oxygens (including phenoxy) is 2. The van der Waals surface area contributed by atoms with Gasteiger partial charge in [0.25, 0.3) is 0 Å².